The topological polar surface area (TPSA) is 52.0 Å². The Labute approximate surface area is 97.5 Å². The highest BCUT2D eigenvalue weighted by Crippen LogP contribution is 2.29. The Hall–Kier alpha value is -0.830. The zero-order valence-electron chi connectivity index (χ0n) is 8.33. The number of aromatic nitrogens is 1. The Morgan fingerprint density at radius 1 is 1.73 bits per heavy atom. The Kier molecular flexibility index (Phi) is 3.10. The van der Waals surface area contributed by atoms with Gasteiger partial charge in [-0.15, -0.1) is 0 Å². The van der Waals surface area contributed by atoms with E-state index >= 15 is 0 Å². The molecule has 0 amide bonds. The quantitative estimate of drug-likeness (QED) is 0.810. The molecule has 0 aliphatic carbocycles. The van der Waals surface area contributed by atoms with Gasteiger partial charge in [0.15, 0.2) is 10.3 Å². The van der Waals surface area contributed by atoms with Gasteiger partial charge >= 0.3 is 0 Å². The van der Waals surface area contributed by atoms with Crippen molar-refractivity contribution in [1.29, 1.82) is 5.26 Å². The Balaban J connectivity index is 2.18. The van der Waals surface area contributed by atoms with E-state index in [0.29, 0.717) is 16.1 Å². The highest BCUT2D eigenvalue weighted by atomic mass is 35.5. The molecule has 0 radical (unpaired) electrons. The highest BCUT2D eigenvalue weighted by molar-refractivity contribution is 7.16. The van der Waals surface area contributed by atoms with Gasteiger partial charge < -0.3 is 10.2 Å². The molecule has 2 heterocycles. The molecule has 2 rings (SSSR count). The SMILES string of the molecule is C[C@@H]1CN(c2nc(Cl)c(C#N)s2)CCN1. The molecular weight excluding hydrogens is 232 g/mol. The number of anilines is 1. The number of nitrogens with one attached hydrogen (secondary N) is 1. The second kappa shape index (κ2) is 4.35. The Morgan fingerprint density at radius 2 is 2.53 bits per heavy atom. The molecule has 1 aromatic heterocycles. The predicted octanol–water partition coefficient (Wildman–Crippen LogP) is 1.47. The summed E-state index contributed by atoms with van der Waals surface area (Å²) in [5, 5.41) is 13.3. The van der Waals surface area contributed by atoms with Crippen molar-refractivity contribution in [3.8, 4) is 6.07 Å². The molecule has 0 aromatic carbocycles. The smallest absolute Gasteiger partial charge is 0.188 e. The van der Waals surface area contributed by atoms with Crippen LogP contribution in [0.3, 0.4) is 0 Å². The van der Waals surface area contributed by atoms with E-state index in [1.54, 1.807) is 0 Å². The highest BCUT2D eigenvalue weighted by Gasteiger charge is 2.20. The fourth-order valence-electron chi connectivity index (χ4n) is 1.60. The maximum Gasteiger partial charge on any atom is 0.188 e. The van der Waals surface area contributed by atoms with Gasteiger partial charge in [-0.2, -0.15) is 5.26 Å². The molecule has 6 heteroatoms. The van der Waals surface area contributed by atoms with Gasteiger partial charge in [0.1, 0.15) is 10.9 Å². The van der Waals surface area contributed by atoms with Crippen LogP contribution in [-0.2, 0) is 0 Å². The number of hydrogen-bond acceptors (Lipinski definition) is 5. The summed E-state index contributed by atoms with van der Waals surface area (Å²) in [6, 6.07) is 2.50. The third kappa shape index (κ3) is 2.23. The van der Waals surface area contributed by atoms with Crippen LogP contribution < -0.4 is 10.2 Å². The van der Waals surface area contributed by atoms with Gasteiger partial charge in [-0.3, -0.25) is 0 Å². The van der Waals surface area contributed by atoms with E-state index in [-0.39, 0.29) is 0 Å². The monoisotopic (exact) mass is 242 g/mol. The van der Waals surface area contributed by atoms with Crippen LogP contribution in [0.15, 0.2) is 0 Å². The standard InChI is InChI=1S/C9H11ClN4S/c1-6-5-14(3-2-12-6)9-13-8(10)7(4-11)15-9/h6,12H,2-3,5H2,1H3/t6-/m1/s1. The summed E-state index contributed by atoms with van der Waals surface area (Å²) in [4.78, 5) is 6.86. The first-order valence-corrected chi connectivity index (χ1v) is 5.95. The van der Waals surface area contributed by atoms with E-state index in [4.69, 9.17) is 16.9 Å². The van der Waals surface area contributed by atoms with Crippen LogP contribution in [-0.4, -0.2) is 30.7 Å². The van der Waals surface area contributed by atoms with E-state index in [1.807, 2.05) is 6.07 Å². The zero-order chi connectivity index (χ0) is 10.8. The summed E-state index contributed by atoms with van der Waals surface area (Å²) in [6.07, 6.45) is 0. The molecule has 15 heavy (non-hydrogen) atoms. The number of thiazole rings is 1. The van der Waals surface area contributed by atoms with Crippen molar-refractivity contribution in [3.63, 3.8) is 0 Å². The lowest BCUT2D eigenvalue weighted by atomic mass is 10.2. The van der Waals surface area contributed by atoms with Crippen LogP contribution in [0, 0.1) is 11.3 Å². The second-order valence-corrected chi connectivity index (χ2v) is 4.86. The van der Waals surface area contributed by atoms with E-state index in [1.165, 1.54) is 11.3 Å². The van der Waals surface area contributed by atoms with Crippen LogP contribution in [0.2, 0.25) is 5.15 Å². The first kappa shape index (κ1) is 10.7. The average Bonchev–Trinajstić information content (AvgIpc) is 2.60. The lowest BCUT2D eigenvalue weighted by Crippen LogP contribution is -2.49. The van der Waals surface area contributed by atoms with Gasteiger partial charge in [-0.1, -0.05) is 22.9 Å². The Bertz CT molecular complexity index is 397. The number of halogens is 1. The molecule has 0 bridgehead atoms. The van der Waals surface area contributed by atoms with Crippen molar-refractivity contribution in [1.82, 2.24) is 10.3 Å². The third-order valence-electron chi connectivity index (χ3n) is 2.32. The molecule has 0 unspecified atom stereocenters. The summed E-state index contributed by atoms with van der Waals surface area (Å²) in [5.41, 5.74) is 0. The fraction of sp³-hybridized carbons (Fsp3) is 0.556. The summed E-state index contributed by atoms with van der Waals surface area (Å²) < 4.78 is 0. The molecule has 1 atom stereocenters. The lowest BCUT2D eigenvalue weighted by Gasteiger charge is -2.31. The normalized spacial score (nSPS) is 21.4. The van der Waals surface area contributed by atoms with Crippen molar-refractivity contribution < 1.29 is 0 Å². The van der Waals surface area contributed by atoms with E-state index in [0.717, 1.165) is 24.8 Å². The average molecular weight is 243 g/mol. The molecule has 0 saturated carbocycles. The van der Waals surface area contributed by atoms with Crippen molar-refractivity contribution >= 4 is 28.1 Å². The molecule has 1 aromatic rings. The maximum atomic E-state index is 8.79. The van der Waals surface area contributed by atoms with E-state index in [2.05, 4.69) is 22.1 Å². The van der Waals surface area contributed by atoms with Crippen molar-refractivity contribution in [3.05, 3.63) is 10.0 Å². The molecule has 1 saturated heterocycles. The van der Waals surface area contributed by atoms with E-state index in [9.17, 15) is 0 Å². The molecule has 4 nitrogen and oxygen atoms in total. The summed E-state index contributed by atoms with van der Waals surface area (Å²) in [7, 11) is 0. The minimum atomic E-state index is 0.323. The number of nitriles is 1. The molecular formula is C9H11ClN4S. The largest absolute Gasteiger partial charge is 0.345 e. The van der Waals surface area contributed by atoms with Crippen molar-refractivity contribution in [2.24, 2.45) is 0 Å². The number of rotatable bonds is 1. The fourth-order valence-corrected chi connectivity index (χ4v) is 2.68. The second-order valence-electron chi connectivity index (χ2n) is 3.53. The minimum absolute atomic E-state index is 0.323. The number of hydrogen-bond donors (Lipinski definition) is 1. The number of nitrogens with zero attached hydrogens (tertiary/aromatic N) is 3. The molecule has 80 valence electrons. The van der Waals surface area contributed by atoms with Gasteiger partial charge in [0, 0.05) is 25.7 Å². The zero-order valence-corrected chi connectivity index (χ0v) is 9.90. The third-order valence-corrected chi connectivity index (χ3v) is 3.72. The lowest BCUT2D eigenvalue weighted by molar-refractivity contribution is 0.484. The van der Waals surface area contributed by atoms with Crippen molar-refractivity contribution in [2.75, 3.05) is 24.5 Å². The van der Waals surface area contributed by atoms with Crippen LogP contribution in [0.25, 0.3) is 0 Å². The van der Waals surface area contributed by atoms with Gasteiger partial charge in [-0.25, -0.2) is 4.98 Å². The molecule has 1 aliphatic rings. The van der Waals surface area contributed by atoms with E-state index < -0.39 is 0 Å². The molecule has 0 spiro atoms. The minimum Gasteiger partial charge on any atom is -0.345 e. The summed E-state index contributed by atoms with van der Waals surface area (Å²) in [6.45, 7) is 4.90. The molecule has 1 fully saturated rings. The van der Waals surface area contributed by atoms with Gasteiger partial charge in [-0.05, 0) is 6.92 Å². The maximum absolute atomic E-state index is 8.79. The van der Waals surface area contributed by atoms with Gasteiger partial charge in [0.2, 0.25) is 0 Å². The molecule has 1 N–H and O–H groups in total. The van der Waals surface area contributed by atoms with Crippen molar-refractivity contribution in [2.45, 2.75) is 13.0 Å². The number of piperazine rings is 1. The summed E-state index contributed by atoms with van der Waals surface area (Å²) >= 11 is 7.20. The first-order valence-electron chi connectivity index (χ1n) is 4.75. The van der Waals surface area contributed by atoms with Crippen LogP contribution in [0.5, 0.6) is 0 Å². The van der Waals surface area contributed by atoms with Crippen LogP contribution in [0.1, 0.15) is 11.8 Å². The first-order chi connectivity index (χ1) is 7.20. The summed E-state index contributed by atoms with van der Waals surface area (Å²) in [5.74, 6) is 0. The van der Waals surface area contributed by atoms with Gasteiger partial charge in [0.05, 0.1) is 0 Å². The predicted molar refractivity (Wildman–Crippen MR) is 61.5 cm³/mol. The Morgan fingerprint density at radius 3 is 3.13 bits per heavy atom. The van der Waals surface area contributed by atoms with Crippen LogP contribution >= 0.6 is 22.9 Å². The molecule has 1 aliphatic heterocycles. The van der Waals surface area contributed by atoms with Gasteiger partial charge in [0.25, 0.3) is 0 Å². The van der Waals surface area contributed by atoms with Crippen LogP contribution in [0.4, 0.5) is 5.13 Å².